The van der Waals surface area contributed by atoms with Gasteiger partial charge in [0.2, 0.25) is 0 Å². The van der Waals surface area contributed by atoms with Crippen molar-refractivity contribution in [2.24, 2.45) is 17.2 Å². The number of carbonyl (C=O) groups is 6. The largest absolute Gasteiger partial charge is 3.00 e. The molecule has 6 N–H and O–H groups in total. The van der Waals surface area contributed by atoms with Crippen molar-refractivity contribution in [3.63, 3.8) is 0 Å². The molecule has 0 saturated heterocycles. The van der Waals surface area contributed by atoms with Crippen LogP contribution in [0.25, 0.3) is 0 Å². The normalized spacial score (nSPS) is 11.7. The van der Waals surface area contributed by atoms with Gasteiger partial charge in [-0.2, -0.15) is 0 Å². The van der Waals surface area contributed by atoms with E-state index >= 15 is 0 Å². The number of carboxylic acid groups (broad SMARTS) is 6. The maximum atomic E-state index is 9.86. The van der Waals surface area contributed by atoms with Crippen LogP contribution in [0.5, 0.6) is 0 Å². The average Bonchev–Trinajstić information content (AvgIpc) is 2.62. The zero-order valence-corrected chi connectivity index (χ0v) is 19.0. The second-order valence-electron chi connectivity index (χ2n) is 5.51. The molecule has 2 radical (unpaired) electrons. The van der Waals surface area contributed by atoms with Gasteiger partial charge in [0.15, 0.2) is 0 Å². The van der Waals surface area contributed by atoms with Crippen LogP contribution in [0.2, 0.25) is 0 Å². The summed E-state index contributed by atoms with van der Waals surface area (Å²) in [7, 11) is 0. The summed E-state index contributed by atoms with van der Waals surface area (Å²) in [5, 5.41) is 58.8. The van der Waals surface area contributed by atoms with Gasteiger partial charge in [-0.05, 0) is 38.5 Å². The van der Waals surface area contributed by atoms with Crippen molar-refractivity contribution in [1.82, 2.24) is 0 Å². The SMILES string of the molecule is N[C@@H](CCC(=O)[O-])C(=O)[O-].N[C@@H](CCC(=O)[O-])C(=O)[O-].N[C@@H](CCC(=O)[O-])C(=O)[O-].[Cr+3].[Cr+3]. The molecule has 3 atom stereocenters. The fourth-order valence-electron chi connectivity index (χ4n) is 1.17. The zero-order chi connectivity index (χ0) is 24.4. The number of rotatable bonds is 12. The van der Waals surface area contributed by atoms with E-state index in [9.17, 15) is 59.4 Å². The molecule has 0 fully saturated rings. The van der Waals surface area contributed by atoms with E-state index < -0.39 is 53.9 Å². The van der Waals surface area contributed by atoms with Gasteiger partial charge in [0.1, 0.15) is 0 Å². The molecule has 0 aliphatic rings. The molecule has 180 valence electrons. The third-order valence-corrected chi connectivity index (χ3v) is 2.89. The second-order valence-corrected chi connectivity index (χ2v) is 5.51. The van der Waals surface area contributed by atoms with Crippen LogP contribution in [-0.4, -0.2) is 53.9 Å². The number of hydrogen-bond acceptors (Lipinski definition) is 15. The van der Waals surface area contributed by atoms with E-state index in [0.717, 1.165) is 0 Å². The average molecular weight is 539 g/mol. The third-order valence-electron chi connectivity index (χ3n) is 2.89. The van der Waals surface area contributed by atoms with Gasteiger partial charge >= 0.3 is 34.7 Å². The summed E-state index contributed by atoms with van der Waals surface area (Å²) in [5.41, 5.74) is 14.7. The fourth-order valence-corrected chi connectivity index (χ4v) is 1.17. The van der Waals surface area contributed by atoms with Crippen LogP contribution >= 0.6 is 0 Å². The van der Waals surface area contributed by atoms with Gasteiger partial charge < -0.3 is 76.6 Å². The van der Waals surface area contributed by atoms with Gasteiger partial charge in [-0.3, -0.25) is 0 Å². The van der Waals surface area contributed by atoms with Crippen LogP contribution < -0.4 is 47.8 Å². The van der Waals surface area contributed by atoms with E-state index in [1.165, 1.54) is 0 Å². The minimum absolute atomic E-state index is 0. The van der Waals surface area contributed by atoms with Gasteiger partial charge in [-0.1, -0.05) is 0 Å². The van der Waals surface area contributed by atoms with Crippen LogP contribution in [0.15, 0.2) is 0 Å². The monoisotopic (exact) mass is 539 g/mol. The number of carbonyl (C=O) groups excluding carboxylic acids is 6. The summed E-state index contributed by atoms with van der Waals surface area (Å²) >= 11 is 0. The van der Waals surface area contributed by atoms with E-state index in [0.29, 0.717) is 0 Å². The Morgan fingerprint density at radius 3 is 0.719 bits per heavy atom. The Morgan fingerprint density at radius 1 is 0.469 bits per heavy atom. The van der Waals surface area contributed by atoms with E-state index in [-0.39, 0.29) is 73.2 Å². The molecule has 32 heavy (non-hydrogen) atoms. The maximum absolute atomic E-state index is 9.86. The van der Waals surface area contributed by atoms with Crippen LogP contribution in [0, 0.1) is 0 Å². The molecule has 0 saturated carbocycles. The fraction of sp³-hybridized carbons (Fsp3) is 0.600. The Hall–Kier alpha value is -2.24. The standard InChI is InChI=1S/3C5H9NO4.2Cr/c3*6-3(5(9)10)1-2-4(7)8;;/h3*3H,1-2,6H2,(H,7,8)(H,9,10);;/q;;;2*+3/p-6/t3*3-;;/m000../s1. The number of aliphatic carboxylic acids is 6. The number of carboxylic acids is 6. The predicted molar refractivity (Wildman–Crippen MR) is 81.7 cm³/mol. The number of nitrogens with two attached hydrogens (primary N) is 3. The summed E-state index contributed by atoms with van der Waals surface area (Å²) < 4.78 is 0. The van der Waals surface area contributed by atoms with Gasteiger partial charge in [0.05, 0.1) is 17.9 Å². The Labute approximate surface area is 203 Å². The van der Waals surface area contributed by atoms with Crippen molar-refractivity contribution in [3.8, 4) is 0 Å². The minimum atomic E-state index is -1.44. The van der Waals surface area contributed by atoms with Crippen molar-refractivity contribution in [3.05, 3.63) is 0 Å². The first-order valence-electron chi connectivity index (χ1n) is 8.10. The summed E-state index contributed by atoms with van der Waals surface area (Å²) in [6, 6.07) is -3.63. The summed E-state index contributed by atoms with van der Waals surface area (Å²) in [6.45, 7) is 0. The van der Waals surface area contributed by atoms with Crippen LogP contribution in [0.4, 0.5) is 0 Å². The van der Waals surface area contributed by atoms with E-state index in [2.05, 4.69) is 0 Å². The van der Waals surface area contributed by atoms with Crippen molar-refractivity contribution in [2.75, 3.05) is 0 Å². The molecule has 0 amide bonds. The Kier molecular flexibility index (Phi) is 29.4. The molecule has 0 rings (SSSR count). The molecular weight excluding hydrogens is 518 g/mol. The van der Waals surface area contributed by atoms with E-state index in [1.807, 2.05) is 0 Å². The third kappa shape index (κ3) is 32.4. The van der Waals surface area contributed by atoms with E-state index in [1.54, 1.807) is 0 Å². The molecule has 0 bridgehead atoms. The Balaban J connectivity index is -0.000000110. The molecule has 0 aliphatic carbocycles. The summed E-state index contributed by atoms with van der Waals surface area (Å²) in [4.78, 5) is 58.8. The van der Waals surface area contributed by atoms with Crippen LogP contribution in [0.1, 0.15) is 38.5 Å². The van der Waals surface area contributed by atoms with Gasteiger partial charge in [0, 0.05) is 36.0 Å². The smallest absolute Gasteiger partial charge is 0.550 e. The molecule has 0 aromatic rings. The first kappa shape index (κ1) is 40.2. The van der Waals surface area contributed by atoms with Crippen molar-refractivity contribution in [2.45, 2.75) is 56.7 Å². The van der Waals surface area contributed by atoms with Crippen LogP contribution in [-0.2, 0) is 63.5 Å². The second kappa shape index (κ2) is 23.4. The molecule has 0 aromatic carbocycles. The topological polar surface area (TPSA) is 319 Å². The first-order chi connectivity index (χ1) is 13.6. The Bertz CT molecular complexity index is 525. The van der Waals surface area contributed by atoms with Gasteiger partial charge in [0.25, 0.3) is 0 Å². The zero-order valence-electron chi connectivity index (χ0n) is 16.4. The quantitative estimate of drug-likeness (QED) is 0.207. The molecular formula is C15H21Cr2N3O12. The molecule has 0 heterocycles. The first-order valence-corrected chi connectivity index (χ1v) is 8.10. The van der Waals surface area contributed by atoms with Crippen molar-refractivity contribution in [1.29, 1.82) is 0 Å². The number of hydrogen-bond donors (Lipinski definition) is 3. The molecule has 0 aliphatic heterocycles. The molecule has 0 unspecified atom stereocenters. The molecule has 0 spiro atoms. The molecule has 17 heteroatoms. The predicted octanol–water partition coefficient (Wildman–Crippen LogP) is -10.2. The van der Waals surface area contributed by atoms with Crippen molar-refractivity contribution >= 4 is 35.8 Å². The van der Waals surface area contributed by atoms with Gasteiger partial charge in [-0.15, -0.1) is 0 Å². The van der Waals surface area contributed by atoms with Gasteiger partial charge in [-0.25, -0.2) is 0 Å². The molecule has 15 nitrogen and oxygen atoms in total. The minimum Gasteiger partial charge on any atom is -0.550 e. The van der Waals surface area contributed by atoms with E-state index in [4.69, 9.17) is 17.2 Å². The maximum Gasteiger partial charge on any atom is 3.00 e. The Morgan fingerprint density at radius 2 is 0.625 bits per heavy atom. The summed E-state index contributed by atoms with van der Waals surface area (Å²) in [5.74, 6) is -8.26. The summed E-state index contributed by atoms with van der Waals surface area (Å²) in [6.07, 6.45) is -1.50. The van der Waals surface area contributed by atoms with Crippen LogP contribution in [0.3, 0.4) is 0 Å². The van der Waals surface area contributed by atoms with Crippen molar-refractivity contribution < 1.29 is 94.1 Å². The molecule has 0 aromatic heterocycles.